The Labute approximate surface area is 81.6 Å². The fourth-order valence-corrected chi connectivity index (χ4v) is 3.00. The quantitative estimate of drug-likeness (QED) is 0.630. The van der Waals surface area contributed by atoms with Crippen LogP contribution in [0.25, 0.3) is 0 Å². The molecule has 0 saturated carbocycles. The molecule has 2 aliphatic heterocycles. The molecule has 4 nitrogen and oxygen atoms in total. The summed E-state index contributed by atoms with van der Waals surface area (Å²) in [5, 5.41) is 0.0720. The molecule has 2 unspecified atom stereocenters. The molecule has 0 radical (unpaired) electrons. The number of carbonyl (C=O) groups is 1. The second-order valence-corrected chi connectivity index (χ2v) is 4.80. The molecular formula is C8H13N3OS. The van der Waals surface area contributed by atoms with E-state index in [1.807, 2.05) is 0 Å². The monoisotopic (exact) mass is 199 g/mol. The third kappa shape index (κ3) is 1.71. The number of hydrogen-bond donors (Lipinski definition) is 1. The number of hydrogen-bond acceptors (Lipinski definition) is 4. The maximum absolute atomic E-state index is 10.9. The Morgan fingerprint density at radius 3 is 3.23 bits per heavy atom. The minimum Gasteiger partial charge on any atom is -0.367 e. The lowest BCUT2D eigenvalue weighted by Crippen LogP contribution is -2.38. The highest BCUT2D eigenvalue weighted by Crippen LogP contribution is 2.31. The number of amides is 1. The van der Waals surface area contributed by atoms with Crippen LogP contribution in [0.3, 0.4) is 0 Å². The summed E-state index contributed by atoms with van der Waals surface area (Å²) >= 11 is 1.59. The van der Waals surface area contributed by atoms with Crippen LogP contribution in [-0.2, 0) is 4.79 Å². The fourth-order valence-electron chi connectivity index (χ4n) is 1.68. The molecule has 1 amide bonds. The van der Waals surface area contributed by atoms with Gasteiger partial charge < -0.3 is 10.6 Å². The van der Waals surface area contributed by atoms with Crippen LogP contribution in [0.4, 0.5) is 0 Å². The van der Waals surface area contributed by atoms with Crippen LogP contribution in [-0.4, -0.2) is 47.3 Å². The van der Waals surface area contributed by atoms with E-state index in [4.69, 9.17) is 5.73 Å². The molecule has 0 aliphatic carbocycles. The standard InChI is InChI=1S/C8H13N3OS/c1-11-3-2-5-6(4-11)13-8(10-5)7(9)12/h6,8H,2-4H2,1H3,(H2,9,12). The minimum absolute atomic E-state index is 0.311. The summed E-state index contributed by atoms with van der Waals surface area (Å²) in [7, 11) is 2.09. The van der Waals surface area contributed by atoms with Crippen molar-refractivity contribution < 1.29 is 4.79 Å². The molecule has 0 spiro atoms. The number of rotatable bonds is 1. The zero-order valence-electron chi connectivity index (χ0n) is 7.56. The van der Waals surface area contributed by atoms with Gasteiger partial charge in [-0.05, 0) is 13.5 Å². The number of primary amides is 1. The van der Waals surface area contributed by atoms with Gasteiger partial charge in [-0.25, -0.2) is 0 Å². The van der Waals surface area contributed by atoms with Gasteiger partial charge in [0.15, 0.2) is 5.37 Å². The Morgan fingerprint density at radius 1 is 1.77 bits per heavy atom. The number of piperidine rings is 1. The Morgan fingerprint density at radius 2 is 2.54 bits per heavy atom. The molecule has 2 aliphatic rings. The average molecular weight is 199 g/mol. The number of thioether (sulfide) groups is 1. The van der Waals surface area contributed by atoms with Crippen molar-refractivity contribution in [3.8, 4) is 0 Å². The zero-order chi connectivity index (χ0) is 9.42. The number of nitrogens with two attached hydrogens (primary N) is 1. The van der Waals surface area contributed by atoms with Gasteiger partial charge in [0.25, 0.3) is 5.91 Å². The Kier molecular flexibility index (Phi) is 2.29. The zero-order valence-corrected chi connectivity index (χ0v) is 8.38. The SMILES string of the molecule is CN1CCC2=NC(C(N)=O)SC2C1. The maximum Gasteiger partial charge on any atom is 0.252 e. The number of carbonyl (C=O) groups excluding carboxylic acids is 1. The second kappa shape index (κ2) is 3.31. The first kappa shape index (κ1) is 9.02. The number of nitrogens with zero attached hydrogens (tertiary/aromatic N) is 2. The van der Waals surface area contributed by atoms with Crippen LogP contribution in [0.2, 0.25) is 0 Å². The van der Waals surface area contributed by atoms with Crippen molar-refractivity contribution in [2.24, 2.45) is 10.7 Å². The van der Waals surface area contributed by atoms with Gasteiger partial charge >= 0.3 is 0 Å². The van der Waals surface area contributed by atoms with E-state index in [0.29, 0.717) is 5.25 Å². The molecule has 0 aromatic rings. The van der Waals surface area contributed by atoms with Gasteiger partial charge in [-0.1, -0.05) is 0 Å². The molecule has 2 heterocycles. The summed E-state index contributed by atoms with van der Waals surface area (Å²) in [6, 6.07) is 0. The maximum atomic E-state index is 10.9. The van der Waals surface area contributed by atoms with Gasteiger partial charge in [0.05, 0.1) is 5.25 Å². The molecular weight excluding hydrogens is 186 g/mol. The third-order valence-electron chi connectivity index (χ3n) is 2.42. The van der Waals surface area contributed by atoms with Crippen molar-refractivity contribution in [1.82, 2.24) is 4.90 Å². The summed E-state index contributed by atoms with van der Waals surface area (Å²) < 4.78 is 0. The largest absolute Gasteiger partial charge is 0.367 e. The number of fused-ring (bicyclic) bond motifs is 1. The van der Waals surface area contributed by atoms with E-state index in [9.17, 15) is 4.79 Å². The Hall–Kier alpha value is -0.550. The van der Waals surface area contributed by atoms with E-state index in [2.05, 4.69) is 16.9 Å². The lowest BCUT2D eigenvalue weighted by molar-refractivity contribution is -0.117. The van der Waals surface area contributed by atoms with Crippen LogP contribution in [0.1, 0.15) is 6.42 Å². The van der Waals surface area contributed by atoms with Gasteiger partial charge in [-0.2, -0.15) is 0 Å². The lowest BCUT2D eigenvalue weighted by Gasteiger charge is -2.27. The molecule has 0 aromatic carbocycles. The molecule has 5 heteroatoms. The fraction of sp³-hybridized carbons (Fsp3) is 0.750. The smallest absolute Gasteiger partial charge is 0.252 e. The van der Waals surface area contributed by atoms with E-state index < -0.39 is 0 Å². The predicted octanol–water partition coefficient (Wildman–Crippen LogP) is -0.310. The number of aliphatic imine (C=N–C) groups is 1. The van der Waals surface area contributed by atoms with E-state index in [1.54, 1.807) is 11.8 Å². The van der Waals surface area contributed by atoms with E-state index >= 15 is 0 Å². The average Bonchev–Trinajstić information content (AvgIpc) is 2.46. The summed E-state index contributed by atoms with van der Waals surface area (Å²) in [6.07, 6.45) is 0.984. The molecule has 0 bridgehead atoms. The molecule has 72 valence electrons. The van der Waals surface area contributed by atoms with E-state index in [-0.39, 0.29) is 11.3 Å². The summed E-state index contributed by atoms with van der Waals surface area (Å²) in [5.41, 5.74) is 6.38. The van der Waals surface area contributed by atoms with Gasteiger partial charge in [0.1, 0.15) is 0 Å². The van der Waals surface area contributed by atoms with Gasteiger partial charge in [-0.3, -0.25) is 9.79 Å². The molecule has 0 aromatic heterocycles. The van der Waals surface area contributed by atoms with Crippen molar-refractivity contribution in [3.63, 3.8) is 0 Å². The van der Waals surface area contributed by atoms with Crippen molar-refractivity contribution in [2.75, 3.05) is 20.1 Å². The predicted molar refractivity (Wildman–Crippen MR) is 53.9 cm³/mol. The molecule has 2 rings (SSSR count). The first-order valence-corrected chi connectivity index (χ1v) is 5.31. The highest BCUT2D eigenvalue weighted by Gasteiger charge is 2.34. The highest BCUT2D eigenvalue weighted by molar-refractivity contribution is 8.02. The number of likely N-dealkylation sites (tertiary alicyclic amines) is 1. The van der Waals surface area contributed by atoms with Crippen LogP contribution < -0.4 is 5.73 Å². The van der Waals surface area contributed by atoms with Crippen LogP contribution in [0.15, 0.2) is 4.99 Å². The highest BCUT2D eigenvalue weighted by atomic mass is 32.2. The van der Waals surface area contributed by atoms with Gasteiger partial charge in [0.2, 0.25) is 0 Å². The molecule has 1 fully saturated rings. The van der Waals surface area contributed by atoms with E-state index in [0.717, 1.165) is 19.5 Å². The lowest BCUT2D eigenvalue weighted by atomic mass is 10.1. The van der Waals surface area contributed by atoms with Crippen LogP contribution in [0, 0.1) is 0 Å². The van der Waals surface area contributed by atoms with Gasteiger partial charge in [0, 0.05) is 18.8 Å². The van der Waals surface area contributed by atoms with Gasteiger partial charge in [-0.15, -0.1) is 11.8 Å². The molecule has 2 N–H and O–H groups in total. The normalized spacial score (nSPS) is 34.1. The summed E-state index contributed by atoms with van der Waals surface area (Å²) in [6.45, 7) is 2.04. The topological polar surface area (TPSA) is 58.7 Å². The summed E-state index contributed by atoms with van der Waals surface area (Å²) in [5.74, 6) is -0.311. The van der Waals surface area contributed by atoms with Crippen molar-refractivity contribution >= 4 is 23.4 Å². The van der Waals surface area contributed by atoms with Crippen molar-refractivity contribution in [1.29, 1.82) is 0 Å². The molecule has 2 atom stereocenters. The second-order valence-electron chi connectivity index (χ2n) is 3.51. The first-order chi connectivity index (χ1) is 6.16. The Bertz CT molecular complexity index is 266. The van der Waals surface area contributed by atoms with Crippen molar-refractivity contribution in [2.45, 2.75) is 17.0 Å². The third-order valence-corrected chi connectivity index (χ3v) is 3.76. The summed E-state index contributed by atoms with van der Waals surface area (Å²) in [4.78, 5) is 17.5. The van der Waals surface area contributed by atoms with Crippen LogP contribution >= 0.6 is 11.8 Å². The van der Waals surface area contributed by atoms with Crippen molar-refractivity contribution in [3.05, 3.63) is 0 Å². The van der Waals surface area contributed by atoms with E-state index in [1.165, 1.54) is 5.71 Å². The Balaban J connectivity index is 2.08. The minimum atomic E-state index is -0.327. The molecule has 13 heavy (non-hydrogen) atoms. The first-order valence-electron chi connectivity index (χ1n) is 4.36. The molecule has 1 saturated heterocycles. The van der Waals surface area contributed by atoms with Crippen LogP contribution in [0.5, 0.6) is 0 Å².